The van der Waals surface area contributed by atoms with Gasteiger partial charge in [-0.25, -0.2) is 5.43 Å². The predicted molar refractivity (Wildman–Crippen MR) is 62.3 cm³/mol. The summed E-state index contributed by atoms with van der Waals surface area (Å²) in [6.45, 7) is 0.703. The van der Waals surface area contributed by atoms with E-state index in [0.717, 1.165) is 31.4 Å². The molecule has 0 aromatic rings. The van der Waals surface area contributed by atoms with Crippen LogP contribution in [0, 0.1) is 0 Å². The molecule has 2 aliphatic rings. The van der Waals surface area contributed by atoms with Crippen LogP contribution in [0.2, 0.25) is 0 Å². The molecule has 0 aromatic carbocycles. The summed E-state index contributed by atoms with van der Waals surface area (Å²) in [6, 6.07) is 0. The first-order valence-electron chi connectivity index (χ1n) is 6.33. The van der Waals surface area contributed by atoms with Crippen molar-refractivity contribution in [2.24, 2.45) is 5.10 Å². The Labute approximate surface area is 96.4 Å². The molecule has 4 nitrogen and oxygen atoms in total. The molecular formula is C12H20N2O2. The van der Waals surface area contributed by atoms with E-state index < -0.39 is 0 Å². The number of hydrazone groups is 1. The third-order valence-corrected chi connectivity index (χ3v) is 3.23. The quantitative estimate of drug-likeness (QED) is 0.576. The molecule has 16 heavy (non-hydrogen) atoms. The fourth-order valence-corrected chi connectivity index (χ4v) is 2.24. The molecule has 1 heterocycles. The van der Waals surface area contributed by atoms with E-state index in [2.05, 4.69) is 10.5 Å². The zero-order valence-corrected chi connectivity index (χ0v) is 9.71. The minimum absolute atomic E-state index is 0.0748. The highest BCUT2D eigenvalue weighted by atomic mass is 16.5. The molecule has 1 saturated carbocycles. The third kappa shape index (κ3) is 3.30. The summed E-state index contributed by atoms with van der Waals surface area (Å²) >= 11 is 0. The Kier molecular flexibility index (Phi) is 4.34. The Balaban J connectivity index is 1.79. The van der Waals surface area contributed by atoms with Crippen LogP contribution in [0.3, 0.4) is 0 Å². The van der Waals surface area contributed by atoms with Crippen molar-refractivity contribution in [3.8, 4) is 0 Å². The molecule has 90 valence electrons. The van der Waals surface area contributed by atoms with E-state index >= 15 is 0 Å². The lowest BCUT2D eigenvalue weighted by atomic mass is 10.2. The van der Waals surface area contributed by atoms with E-state index in [-0.39, 0.29) is 12.0 Å². The topological polar surface area (TPSA) is 50.7 Å². The second kappa shape index (κ2) is 5.99. The number of rotatable bonds is 2. The summed E-state index contributed by atoms with van der Waals surface area (Å²) in [6.07, 6.45) is 8.60. The normalized spacial score (nSPS) is 26.2. The van der Waals surface area contributed by atoms with Crippen LogP contribution in [-0.2, 0) is 9.53 Å². The molecule has 0 bridgehead atoms. The molecule has 0 aromatic heterocycles. The zero-order chi connectivity index (χ0) is 11.2. The van der Waals surface area contributed by atoms with Crippen LogP contribution in [0.25, 0.3) is 0 Å². The lowest BCUT2D eigenvalue weighted by Crippen LogP contribution is -2.31. The second-order valence-corrected chi connectivity index (χ2v) is 4.57. The van der Waals surface area contributed by atoms with Crippen molar-refractivity contribution in [1.82, 2.24) is 5.43 Å². The first-order chi connectivity index (χ1) is 7.86. The molecule has 4 heteroatoms. The smallest absolute Gasteiger partial charge is 0.269 e. The molecule has 0 unspecified atom stereocenters. The molecule has 1 aliphatic carbocycles. The Morgan fingerprint density at radius 2 is 1.94 bits per heavy atom. The zero-order valence-electron chi connectivity index (χ0n) is 9.71. The average Bonchev–Trinajstić information content (AvgIpc) is 2.71. The van der Waals surface area contributed by atoms with Crippen LogP contribution in [0.5, 0.6) is 0 Å². The van der Waals surface area contributed by atoms with Crippen LogP contribution >= 0.6 is 0 Å². The summed E-state index contributed by atoms with van der Waals surface area (Å²) in [5, 5.41) is 4.22. The van der Waals surface area contributed by atoms with Gasteiger partial charge in [0.05, 0.1) is 0 Å². The molecular weight excluding hydrogens is 204 g/mol. The highest BCUT2D eigenvalue weighted by molar-refractivity contribution is 5.87. The standard InChI is InChI=1S/C12H20N2O2/c15-12(11-8-5-9-16-11)14-13-10-6-3-1-2-4-7-10/h11H,1-9H2,(H,14,15)/t11-/m0/s1. The Morgan fingerprint density at radius 3 is 2.56 bits per heavy atom. The van der Waals surface area contributed by atoms with Crippen LogP contribution in [-0.4, -0.2) is 24.3 Å². The highest BCUT2D eigenvalue weighted by Crippen LogP contribution is 2.15. The van der Waals surface area contributed by atoms with Gasteiger partial charge in [-0.1, -0.05) is 12.8 Å². The summed E-state index contributed by atoms with van der Waals surface area (Å²) < 4.78 is 5.30. The second-order valence-electron chi connectivity index (χ2n) is 4.57. The number of hydrogen-bond acceptors (Lipinski definition) is 3. The molecule has 1 saturated heterocycles. The SMILES string of the molecule is O=C(NN=C1CCCCCC1)[C@@H]1CCCO1. The molecule has 0 radical (unpaired) electrons. The number of amides is 1. The van der Waals surface area contributed by atoms with Crippen molar-refractivity contribution in [2.45, 2.75) is 57.5 Å². The van der Waals surface area contributed by atoms with Crippen molar-refractivity contribution in [3.63, 3.8) is 0 Å². The van der Waals surface area contributed by atoms with Gasteiger partial charge in [0, 0.05) is 12.3 Å². The number of hydrogen-bond donors (Lipinski definition) is 1. The van der Waals surface area contributed by atoms with Gasteiger partial charge in [0.2, 0.25) is 0 Å². The summed E-state index contributed by atoms with van der Waals surface area (Å²) in [7, 11) is 0. The van der Waals surface area contributed by atoms with Gasteiger partial charge in [-0.15, -0.1) is 0 Å². The number of carbonyl (C=O) groups is 1. The lowest BCUT2D eigenvalue weighted by Gasteiger charge is -2.08. The molecule has 2 rings (SSSR count). The van der Waals surface area contributed by atoms with Gasteiger partial charge < -0.3 is 4.74 Å². The molecule has 1 aliphatic heterocycles. The first kappa shape index (κ1) is 11.6. The van der Waals surface area contributed by atoms with Crippen molar-refractivity contribution >= 4 is 11.6 Å². The Morgan fingerprint density at radius 1 is 1.19 bits per heavy atom. The lowest BCUT2D eigenvalue weighted by molar-refractivity contribution is -0.130. The van der Waals surface area contributed by atoms with Crippen molar-refractivity contribution in [1.29, 1.82) is 0 Å². The van der Waals surface area contributed by atoms with Gasteiger partial charge in [-0.2, -0.15) is 5.10 Å². The van der Waals surface area contributed by atoms with Crippen LogP contribution in [0.15, 0.2) is 5.10 Å². The minimum Gasteiger partial charge on any atom is -0.368 e. The van der Waals surface area contributed by atoms with Gasteiger partial charge in [-0.3, -0.25) is 4.79 Å². The van der Waals surface area contributed by atoms with E-state index in [1.165, 1.54) is 25.7 Å². The van der Waals surface area contributed by atoms with Crippen LogP contribution < -0.4 is 5.43 Å². The van der Waals surface area contributed by atoms with Crippen molar-refractivity contribution < 1.29 is 9.53 Å². The number of nitrogens with one attached hydrogen (secondary N) is 1. The van der Waals surface area contributed by atoms with Crippen molar-refractivity contribution in [2.75, 3.05) is 6.61 Å². The largest absolute Gasteiger partial charge is 0.368 e. The maximum atomic E-state index is 11.6. The predicted octanol–water partition coefficient (Wildman–Crippen LogP) is 1.99. The van der Waals surface area contributed by atoms with E-state index in [9.17, 15) is 4.79 Å². The molecule has 0 spiro atoms. The summed E-state index contributed by atoms with van der Waals surface area (Å²) in [4.78, 5) is 11.6. The highest BCUT2D eigenvalue weighted by Gasteiger charge is 2.23. The molecule has 1 atom stereocenters. The van der Waals surface area contributed by atoms with E-state index in [1.807, 2.05) is 0 Å². The molecule has 2 fully saturated rings. The Hall–Kier alpha value is -0.900. The molecule has 1 amide bonds. The van der Waals surface area contributed by atoms with Gasteiger partial charge in [0.15, 0.2) is 0 Å². The number of carbonyl (C=O) groups excluding carboxylic acids is 1. The fraction of sp³-hybridized carbons (Fsp3) is 0.833. The monoisotopic (exact) mass is 224 g/mol. The Bertz CT molecular complexity index is 260. The van der Waals surface area contributed by atoms with Gasteiger partial charge in [0.25, 0.3) is 5.91 Å². The summed E-state index contributed by atoms with van der Waals surface area (Å²) in [5.41, 5.74) is 3.79. The van der Waals surface area contributed by atoms with E-state index in [4.69, 9.17) is 4.74 Å². The van der Waals surface area contributed by atoms with Crippen LogP contribution in [0.1, 0.15) is 51.4 Å². The third-order valence-electron chi connectivity index (χ3n) is 3.23. The van der Waals surface area contributed by atoms with Crippen molar-refractivity contribution in [3.05, 3.63) is 0 Å². The number of ether oxygens (including phenoxy) is 1. The van der Waals surface area contributed by atoms with E-state index in [0.29, 0.717) is 6.61 Å². The minimum atomic E-state index is -0.268. The van der Waals surface area contributed by atoms with E-state index in [1.54, 1.807) is 0 Å². The maximum Gasteiger partial charge on any atom is 0.269 e. The van der Waals surface area contributed by atoms with Gasteiger partial charge in [-0.05, 0) is 38.5 Å². The number of nitrogens with zero attached hydrogens (tertiary/aromatic N) is 1. The molecule has 1 N–H and O–H groups in total. The van der Waals surface area contributed by atoms with Gasteiger partial charge in [0.1, 0.15) is 6.10 Å². The van der Waals surface area contributed by atoms with Gasteiger partial charge >= 0.3 is 0 Å². The average molecular weight is 224 g/mol. The maximum absolute atomic E-state index is 11.6. The fourth-order valence-electron chi connectivity index (χ4n) is 2.24. The summed E-state index contributed by atoms with van der Waals surface area (Å²) in [5.74, 6) is -0.0748. The first-order valence-corrected chi connectivity index (χ1v) is 6.33. The van der Waals surface area contributed by atoms with Crippen LogP contribution in [0.4, 0.5) is 0 Å².